The summed E-state index contributed by atoms with van der Waals surface area (Å²) >= 11 is 2.93. The van der Waals surface area contributed by atoms with E-state index < -0.39 is 0 Å². The number of nitrogens with zero attached hydrogens (tertiary/aromatic N) is 4. The van der Waals surface area contributed by atoms with Crippen molar-refractivity contribution in [2.45, 2.75) is 56.5 Å². The van der Waals surface area contributed by atoms with Gasteiger partial charge in [-0.25, -0.2) is 5.01 Å². The average molecular weight is 497 g/mol. The SMILES string of the molecule is C=CCn1c(=C2C(=O)N(C3CCCCC3)N=C2C)sc(=C2Sc3ccc(OC)cc3N2C)c1=O. The zero-order valence-electron chi connectivity index (χ0n) is 19.7. The summed E-state index contributed by atoms with van der Waals surface area (Å²) in [5.74, 6) is 0.672. The van der Waals surface area contributed by atoms with E-state index in [1.807, 2.05) is 37.1 Å². The Morgan fingerprint density at radius 3 is 2.71 bits per heavy atom. The van der Waals surface area contributed by atoms with Crippen molar-refractivity contribution in [2.24, 2.45) is 5.10 Å². The Hall–Kier alpha value is -2.78. The summed E-state index contributed by atoms with van der Waals surface area (Å²) in [6.45, 7) is 6.04. The third-order valence-corrected chi connectivity index (χ3v) is 9.16. The summed E-state index contributed by atoms with van der Waals surface area (Å²) < 4.78 is 8.31. The number of benzene rings is 1. The first kappa shape index (κ1) is 23.0. The van der Waals surface area contributed by atoms with Crippen molar-refractivity contribution in [1.29, 1.82) is 0 Å². The monoisotopic (exact) mass is 496 g/mol. The van der Waals surface area contributed by atoms with Gasteiger partial charge >= 0.3 is 0 Å². The van der Waals surface area contributed by atoms with E-state index in [-0.39, 0.29) is 17.5 Å². The first-order valence-corrected chi connectivity index (χ1v) is 13.2. The van der Waals surface area contributed by atoms with E-state index in [2.05, 4.69) is 11.7 Å². The van der Waals surface area contributed by atoms with Crippen LogP contribution in [0.1, 0.15) is 39.0 Å². The van der Waals surface area contributed by atoms with Gasteiger partial charge in [-0.05, 0) is 31.9 Å². The molecule has 0 bridgehead atoms. The fraction of sp³-hybridized carbons (Fsp3) is 0.400. The number of hydrazone groups is 1. The molecule has 0 radical (unpaired) electrons. The number of thiazole rings is 1. The highest BCUT2D eigenvalue weighted by molar-refractivity contribution is 8.08. The zero-order chi connectivity index (χ0) is 24.0. The molecule has 5 rings (SSSR count). The molecule has 1 aromatic heterocycles. The van der Waals surface area contributed by atoms with Gasteiger partial charge in [0.05, 0.1) is 30.1 Å². The van der Waals surface area contributed by atoms with E-state index in [1.54, 1.807) is 34.5 Å². The molecule has 0 spiro atoms. The van der Waals surface area contributed by atoms with Gasteiger partial charge in [0.1, 0.15) is 20.0 Å². The fourth-order valence-electron chi connectivity index (χ4n) is 4.83. The number of hydrogen-bond donors (Lipinski definition) is 0. The second-order valence-corrected chi connectivity index (χ2v) is 10.8. The lowest BCUT2D eigenvalue weighted by atomic mass is 9.95. The lowest BCUT2D eigenvalue weighted by Gasteiger charge is -2.27. The summed E-state index contributed by atoms with van der Waals surface area (Å²) in [6.07, 6.45) is 7.11. The van der Waals surface area contributed by atoms with Crippen LogP contribution < -0.4 is 24.4 Å². The minimum Gasteiger partial charge on any atom is -0.497 e. The number of aromatic nitrogens is 1. The number of thioether (sulfide) groups is 1. The van der Waals surface area contributed by atoms with Crippen LogP contribution in [-0.2, 0) is 11.3 Å². The molecule has 0 N–H and O–H groups in total. The maximum Gasteiger partial charge on any atom is 0.279 e. The maximum absolute atomic E-state index is 13.6. The normalized spacial score (nSPS) is 21.7. The number of rotatable bonds is 4. The number of amides is 1. The predicted molar refractivity (Wildman–Crippen MR) is 139 cm³/mol. The summed E-state index contributed by atoms with van der Waals surface area (Å²) in [6, 6.07) is 6.04. The molecule has 34 heavy (non-hydrogen) atoms. The van der Waals surface area contributed by atoms with Gasteiger partial charge in [0.25, 0.3) is 11.5 Å². The van der Waals surface area contributed by atoms with Crippen LogP contribution in [0.25, 0.3) is 10.6 Å². The molecule has 0 saturated heterocycles. The van der Waals surface area contributed by atoms with Crippen LogP contribution in [0.2, 0.25) is 0 Å². The van der Waals surface area contributed by atoms with Crippen molar-refractivity contribution in [1.82, 2.24) is 9.58 Å². The topological polar surface area (TPSA) is 67.1 Å². The van der Waals surface area contributed by atoms with E-state index >= 15 is 0 Å². The van der Waals surface area contributed by atoms with Gasteiger partial charge in [-0.2, -0.15) is 5.10 Å². The van der Waals surface area contributed by atoms with Gasteiger partial charge < -0.3 is 9.64 Å². The molecule has 3 aliphatic rings. The minimum absolute atomic E-state index is 0.0968. The van der Waals surface area contributed by atoms with Crippen LogP contribution in [-0.4, -0.2) is 41.4 Å². The van der Waals surface area contributed by atoms with Crippen molar-refractivity contribution in [2.75, 3.05) is 19.1 Å². The Bertz CT molecular complexity index is 1380. The summed E-state index contributed by atoms with van der Waals surface area (Å²) in [5, 5.41) is 7.17. The van der Waals surface area contributed by atoms with Gasteiger partial charge in [-0.1, -0.05) is 37.1 Å². The van der Waals surface area contributed by atoms with Crippen molar-refractivity contribution >= 4 is 51.0 Å². The molecular weight excluding hydrogens is 468 g/mol. The second kappa shape index (κ2) is 9.11. The number of hydrogen-bond acceptors (Lipinski definition) is 7. The van der Waals surface area contributed by atoms with Crippen LogP contribution in [0.4, 0.5) is 5.69 Å². The fourth-order valence-corrected chi connectivity index (χ4v) is 7.36. The molecule has 0 unspecified atom stereocenters. The van der Waals surface area contributed by atoms with Gasteiger partial charge in [-0.15, -0.1) is 17.9 Å². The molecule has 7 nitrogen and oxygen atoms in total. The van der Waals surface area contributed by atoms with E-state index in [9.17, 15) is 9.59 Å². The minimum atomic E-state index is -0.113. The van der Waals surface area contributed by atoms with E-state index in [0.29, 0.717) is 27.0 Å². The second-order valence-electron chi connectivity index (χ2n) is 8.74. The number of methoxy groups -OCH3 is 1. The molecule has 1 saturated carbocycles. The molecule has 2 aromatic rings. The highest BCUT2D eigenvalue weighted by Crippen LogP contribution is 2.46. The standard InChI is InChI=1S/C25H28N4O3S2/c1-5-13-28-23(31)21(25-27(3)18-14-17(32-4)11-12-19(18)33-25)34-24(28)20-15(2)26-29(22(20)30)16-9-7-6-8-10-16/h5,11-12,14,16H,1,6-10,13H2,2-4H3. The molecule has 1 aromatic carbocycles. The van der Waals surface area contributed by atoms with Crippen LogP contribution in [0, 0.1) is 0 Å². The number of carbonyl (C=O) groups excluding carboxylic acids is 1. The van der Waals surface area contributed by atoms with E-state index in [0.717, 1.165) is 47.0 Å². The first-order valence-electron chi connectivity index (χ1n) is 11.5. The largest absolute Gasteiger partial charge is 0.497 e. The number of allylic oxidation sites excluding steroid dienone is 1. The Kier molecular flexibility index (Phi) is 6.16. The molecule has 2 aliphatic heterocycles. The third kappa shape index (κ3) is 3.71. The Morgan fingerprint density at radius 2 is 2.00 bits per heavy atom. The van der Waals surface area contributed by atoms with Gasteiger partial charge in [0, 0.05) is 24.6 Å². The molecule has 9 heteroatoms. The van der Waals surface area contributed by atoms with Crippen molar-refractivity contribution in [3.8, 4) is 5.75 Å². The van der Waals surface area contributed by atoms with Crippen LogP contribution >= 0.6 is 23.1 Å². The highest BCUT2D eigenvalue weighted by atomic mass is 32.2. The number of anilines is 1. The van der Waals surface area contributed by atoms with Crippen LogP contribution in [0.15, 0.2) is 45.6 Å². The quantitative estimate of drug-likeness (QED) is 0.609. The van der Waals surface area contributed by atoms with Crippen molar-refractivity contribution in [3.63, 3.8) is 0 Å². The van der Waals surface area contributed by atoms with Crippen LogP contribution in [0.5, 0.6) is 5.75 Å². The molecule has 1 aliphatic carbocycles. The molecular formula is C25H28N4O3S2. The van der Waals surface area contributed by atoms with Gasteiger partial charge in [0.15, 0.2) is 0 Å². The summed E-state index contributed by atoms with van der Waals surface area (Å²) in [7, 11) is 3.60. The molecule has 1 amide bonds. The first-order chi connectivity index (χ1) is 16.4. The van der Waals surface area contributed by atoms with Gasteiger partial charge in [0.2, 0.25) is 0 Å². The van der Waals surface area contributed by atoms with Gasteiger partial charge in [-0.3, -0.25) is 14.2 Å². The number of fused-ring (bicyclic) bond motifs is 1. The summed E-state index contributed by atoms with van der Waals surface area (Å²) in [5.41, 5.74) is 2.09. The summed E-state index contributed by atoms with van der Waals surface area (Å²) in [4.78, 5) is 30.2. The van der Waals surface area contributed by atoms with E-state index in [1.165, 1.54) is 17.8 Å². The van der Waals surface area contributed by atoms with Crippen molar-refractivity contribution < 1.29 is 9.53 Å². The Morgan fingerprint density at radius 1 is 1.24 bits per heavy atom. The lowest BCUT2D eigenvalue weighted by molar-refractivity contribution is -0.126. The van der Waals surface area contributed by atoms with Crippen LogP contribution in [0.3, 0.4) is 0 Å². The predicted octanol–water partition coefficient (Wildman–Crippen LogP) is 3.11. The smallest absolute Gasteiger partial charge is 0.279 e. The number of carbonyl (C=O) groups is 1. The molecule has 3 heterocycles. The van der Waals surface area contributed by atoms with E-state index in [4.69, 9.17) is 4.74 Å². The Balaban J connectivity index is 1.67. The zero-order valence-corrected chi connectivity index (χ0v) is 21.3. The third-order valence-electron chi connectivity index (χ3n) is 6.60. The molecule has 178 valence electrons. The lowest BCUT2D eigenvalue weighted by Crippen LogP contribution is -2.38. The average Bonchev–Trinajstić information content (AvgIpc) is 3.45. The highest BCUT2D eigenvalue weighted by Gasteiger charge is 2.35. The van der Waals surface area contributed by atoms with Crippen molar-refractivity contribution in [3.05, 3.63) is 50.4 Å². The Labute approximate surface area is 206 Å². The molecule has 0 atom stereocenters. The maximum atomic E-state index is 13.6. The molecule has 1 fully saturated rings. The number of ether oxygens (including phenoxy) is 1.